The molecule has 20 heavy (non-hydrogen) atoms. The Morgan fingerprint density at radius 3 is 2.65 bits per heavy atom. The number of nitrogens with two attached hydrogens (primary N) is 1. The molecule has 0 radical (unpaired) electrons. The molecule has 0 bridgehead atoms. The van der Waals surface area contributed by atoms with Gasteiger partial charge in [0.25, 0.3) is 0 Å². The summed E-state index contributed by atoms with van der Waals surface area (Å²) in [7, 11) is 0. The Labute approximate surface area is 119 Å². The van der Waals surface area contributed by atoms with Crippen molar-refractivity contribution in [3.05, 3.63) is 59.7 Å². The van der Waals surface area contributed by atoms with Crippen molar-refractivity contribution in [1.82, 2.24) is 9.55 Å². The fourth-order valence-electron chi connectivity index (χ4n) is 2.74. The predicted octanol–water partition coefficient (Wildman–Crippen LogP) is 3.73. The zero-order valence-electron chi connectivity index (χ0n) is 11.9. The van der Waals surface area contributed by atoms with Gasteiger partial charge in [0.15, 0.2) is 0 Å². The Kier molecular flexibility index (Phi) is 3.18. The number of benzene rings is 2. The summed E-state index contributed by atoms with van der Waals surface area (Å²) >= 11 is 0. The molecule has 0 aliphatic heterocycles. The maximum atomic E-state index is 6.11. The maximum Gasteiger partial charge on any atom is 0.201 e. The van der Waals surface area contributed by atoms with Crippen LogP contribution in [0, 0.1) is 6.92 Å². The van der Waals surface area contributed by atoms with E-state index in [1.807, 2.05) is 6.07 Å². The van der Waals surface area contributed by atoms with Crippen molar-refractivity contribution in [2.45, 2.75) is 26.3 Å². The molecule has 3 nitrogen and oxygen atoms in total. The van der Waals surface area contributed by atoms with Gasteiger partial charge in [-0.2, -0.15) is 0 Å². The standard InChI is InChI=1S/C17H19N3/c1-12-8-9-16-15(10-12)19-17(18)20(16)13(2)11-14-6-4-3-5-7-14/h3-10,13H,11H2,1-2H3,(H2,18,19). The Bertz CT molecular complexity index is 729. The van der Waals surface area contributed by atoms with Gasteiger partial charge in [-0.3, -0.25) is 0 Å². The number of rotatable bonds is 3. The van der Waals surface area contributed by atoms with E-state index >= 15 is 0 Å². The van der Waals surface area contributed by atoms with Crippen LogP contribution >= 0.6 is 0 Å². The highest BCUT2D eigenvalue weighted by Gasteiger charge is 2.14. The third kappa shape index (κ3) is 2.27. The van der Waals surface area contributed by atoms with Crippen LogP contribution in [0.25, 0.3) is 11.0 Å². The van der Waals surface area contributed by atoms with E-state index in [2.05, 4.69) is 65.9 Å². The topological polar surface area (TPSA) is 43.8 Å². The second-order valence-corrected chi connectivity index (χ2v) is 5.37. The molecule has 0 saturated carbocycles. The molecular weight excluding hydrogens is 246 g/mol. The number of aryl methyl sites for hydroxylation is 1. The van der Waals surface area contributed by atoms with Crippen LogP contribution in [0.15, 0.2) is 48.5 Å². The first-order valence-electron chi connectivity index (χ1n) is 6.93. The molecule has 3 rings (SSSR count). The van der Waals surface area contributed by atoms with E-state index in [1.165, 1.54) is 11.1 Å². The van der Waals surface area contributed by atoms with Gasteiger partial charge >= 0.3 is 0 Å². The van der Waals surface area contributed by atoms with E-state index in [9.17, 15) is 0 Å². The van der Waals surface area contributed by atoms with Crippen LogP contribution in [0.4, 0.5) is 5.95 Å². The van der Waals surface area contributed by atoms with E-state index in [4.69, 9.17) is 5.73 Å². The van der Waals surface area contributed by atoms with Crippen LogP contribution in [0.3, 0.4) is 0 Å². The van der Waals surface area contributed by atoms with Gasteiger partial charge in [0.05, 0.1) is 11.0 Å². The van der Waals surface area contributed by atoms with Crippen molar-refractivity contribution >= 4 is 17.0 Å². The number of hydrogen-bond acceptors (Lipinski definition) is 2. The highest BCUT2D eigenvalue weighted by atomic mass is 15.2. The van der Waals surface area contributed by atoms with E-state index in [0.29, 0.717) is 5.95 Å². The summed E-state index contributed by atoms with van der Waals surface area (Å²) in [5.41, 5.74) is 10.7. The summed E-state index contributed by atoms with van der Waals surface area (Å²) in [6.07, 6.45) is 0.949. The third-order valence-electron chi connectivity index (χ3n) is 3.69. The number of nitrogens with zero attached hydrogens (tertiary/aromatic N) is 2. The van der Waals surface area contributed by atoms with E-state index in [0.717, 1.165) is 17.5 Å². The number of fused-ring (bicyclic) bond motifs is 1. The summed E-state index contributed by atoms with van der Waals surface area (Å²) in [5, 5.41) is 0. The normalized spacial score (nSPS) is 12.7. The summed E-state index contributed by atoms with van der Waals surface area (Å²) < 4.78 is 2.13. The molecule has 1 heterocycles. The molecule has 0 aliphatic rings. The highest BCUT2D eigenvalue weighted by Crippen LogP contribution is 2.25. The van der Waals surface area contributed by atoms with Crippen LogP contribution < -0.4 is 5.73 Å². The summed E-state index contributed by atoms with van der Waals surface area (Å²) in [6, 6.07) is 17.1. The quantitative estimate of drug-likeness (QED) is 0.784. The first kappa shape index (κ1) is 12.7. The lowest BCUT2D eigenvalue weighted by Crippen LogP contribution is -2.11. The molecule has 1 unspecified atom stereocenters. The molecule has 0 fully saturated rings. The van der Waals surface area contributed by atoms with Crippen LogP contribution in [0.2, 0.25) is 0 Å². The molecule has 1 atom stereocenters. The van der Waals surface area contributed by atoms with Gasteiger partial charge in [0.1, 0.15) is 0 Å². The first-order valence-corrected chi connectivity index (χ1v) is 6.93. The van der Waals surface area contributed by atoms with Gasteiger partial charge in [-0.15, -0.1) is 0 Å². The minimum absolute atomic E-state index is 0.283. The summed E-state index contributed by atoms with van der Waals surface area (Å²) in [4.78, 5) is 4.48. The first-order chi connectivity index (χ1) is 9.65. The van der Waals surface area contributed by atoms with Crippen molar-refractivity contribution in [2.24, 2.45) is 0 Å². The van der Waals surface area contributed by atoms with E-state index in [1.54, 1.807) is 0 Å². The second-order valence-electron chi connectivity index (χ2n) is 5.37. The van der Waals surface area contributed by atoms with Crippen molar-refractivity contribution in [3.63, 3.8) is 0 Å². The zero-order chi connectivity index (χ0) is 14.1. The molecule has 102 valence electrons. The minimum atomic E-state index is 0.283. The lowest BCUT2D eigenvalue weighted by atomic mass is 10.1. The minimum Gasteiger partial charge on any atom is -0.369 e. The number of anilines is 1. The fourth-order valence-corrected chi connectivity index (χ4v) is 2.74. The van der Waals surface area contributed by atoms with Gasteiger partial charge in [-0.25, -0.2) is 4.98 Å². The summed E-state index contributed by atoms with van der Waals surface area (Å²) in [5.74, 6) is 0.592. The van der Waals surface area contributed by atoms with Crippen LogP contribution in [-0.2, 0) is 6.42 Å². The average molecular weight is 265 g/mol. The molecule has 0 aliphatic carbocycles. The Hall–Kier alpha value is -2.29. The molecular formula is C17H19N3. The molecule has 0 amide bonds. The lowest BCUT2D eigenvalue weighted by Gasteiger charge is -2.16. The molecule has 3 heteroatoms. The van der Waals surface area contributed by atoms with Gasteiger partial charge in [0.2, 0.25) is 5.95 Å². The summed E-state index contributed by atoms with van der Waals surface area (Å²) in [6.45, 7) is 4.26. The maximum absolute atomic E-state index is 6.11. The monoisotopic (exact) mass is 265 g/mol. The predicted molar refractivity (Wildman–Crippen MR) is 83.7 cm³/mol. The van der Waals surface area contributed by atoms with Crippen molar-refractivity contribution < 1.29 is 0 Å². The Balaban J connectivity index is 1.99. The van der Waals surface area contributed by atoms with Gasteiger partial charge in [-0.1, -0.05) is 36.4 Å². The Morgan fingerprint density at radius 1 is 1.15 bits per heavy atom. The van der Waals surface area contributed by atoms with Crippen molar-refractivity contribution in [3.8, 4) is 0 Å². The highest BCUT2D eigenvalue weighted by molar-refractivity contribution is 5.79. The van der Waals surface area contributed by atoms with E-state index in [-0.39, 0.29) is 6.04 Å². The molecule has 2 N–H and O–H groups in total. The molecule has 3 aromatic rings. The lowest BCUT2D eigenvalue weighted by molar-refractivity contribution is 0.567. The van der Waals surface area contributed by atoms with Crippen LogP contribution in [0.1, 0.15) is 24.1 Å². The molecule has 0 saturated heterocycles. The molecule has 0 spiro atoms. The van der Waals surface area contributed by atoms with Crippen molar-refractivity contribution in [2.75, 3.05) is 5.73 Å². The number of aromatic nitrogens is 2. The zero-order valence-corrected chi connectivity index (χ0v) is 11.9. The average Bonchev–Trinajstić information content (AvgIpc) is 2.74. The molecule has 1 aromatic heterocycles. The second kappa shape index (κ2) is 5.00. The van der Waals surface area contributed by atoms with Gasteiger partial charge in [-0.05, 0) is 43.5 Å². The van der Waals surface area contributed by atoms with Crippen molar-refractivity contribution in [1.29, 1.82) is 0 Å². The molecule has 2 aromatic carbocycles. The van der Waals surface area contributed by atoms with Gasteiger partial charge < -0.3 is 10.3 Å². The van der Waals surface area contributed by atoms with Gasteiger partial charge in [0, 0.05) is 6.04 Å². The number of nitrogen functional groups attached to an aromatic ring is 1. The smallest absolute Gasteiger partial charge is 0.201 e. The SMILES string of the molecule is Cc1ccc2c(c1)nc(N)n2C(C)Cc1ccccc1. The largest absolute Gasteiger partial charge is 0.369 e. The van der Waals surface area contributed by atoms with E-state index < -0.39 is 0 Å². The van der Waals surface area contributed by atoms with Crippen LogP contribution in [-0.4, -0.2) is 9.55 Å². The van der Waals surface area contributed by atoms with Crippen LogP contribution in [0.5, 0.6) is 0 Å². The third-order valence-corrected chi connectivity index (χ3v) is 3.69. The number of hydrogen-bond donors (Lipinski definition) is 1. The Morgan fingerprint density at radius 2 is 1.90 bits per heavy atom. The number of imidazole rings is 1. The fraction of sp³-hybridized carbons (Fsp3) is 0.235.